The number of amides is 1. The lowest BCUT2D eigenvalue weighted by atomic mass is 10.1. The molecule has 1 amide bonds. The molecule has 0 fully saturated rings. The van der Waals surface area contributed by atoms with E-state index in [2.05, 4.69) is 20.5 Å². The fraction of sp³-hybridized carbons (Fsp3) is 0. The van der Waals surface area contributed by atoms with Crippen molar-refractivity contribution in [2.45, 2.75) is 0 Å². The largest absolute Gasteiger partial charge is 0.507 e. The molecule has 0 aliphatic carbocycles. The van der Waals surface area contributed by atoms with Gasteiger partial charge in [-0.1, -0.05) is 6.07 Å². The predicted octanol–water partition coefficient (Wildman–Crippen LogP) is 0.535. The molecule has 0 aliphatic heterocycles. The van der Waals surface area contributed by atoms with E-state index in [0.717, 1.165) is 0 Å². The minimum atomic E-state index is -0.714. The molecule has 2 aromatic rings. The third-order valence-electron chi connectivity index (χ3n) is 1.96. The molecule has 0 atom stereocenters. The minimum absolute atomic E-state index is 0.0137. The second kappa shape index (κ2) is 4.44. The Hall–Kier alpha value is -2.70. The van der Waals surface area contributed by atoms with Crippen LogP contribution in [0.2, 0.25) is 0 Å². The number of carbonyl (C=O) groups excluding carboxylic acids is 1. The summed E-state index contributed by atoms with van der Waals surface area (Å²) in [6, 6.07) is 4.00. The standard InChI is InChI=1S/C10H8N4O3/c15-6-2-1-3-7(16)8(6)9(17)13-10-11-4-5-12-14-10/h1-5,15-16H,(H,11,13,14,17). The predicted molar refractivity (Wildman–Crippen MR) is 57.6 cm³/mol. The molecule has 3 N–H and O–H groups in total. The number of hydrogen-bond acceptors (Lipinski definition) is 6. The van der Waals surface area contributed by atoms with E-state index in [9.17, 15) is 15.0 Å². The Morgan fingerprint density at radius 1 is 1.18 bits per heavy atom. The second-order valence-electron chi connectivity index (χ2n) is 3.09. The van der Waals surface area contributed by atoms with Crippen LogP contribution in [-0.2, 0) is 0 Å². The van der Waals surface area contributed by atoms with Gasteiger partial charge in [-0.15, -0.1) is 5.10 Å². The normalized spacial score (nSPS) is 9.88. The first-order chi connectivity index (χ1) is 8.18. The van der Waals surface area contributed by atoms with Crippen LogP contribution in [-0.4, -0.2) is 31.3 Å². The van der Waals surface area contributed by atoms with Gasteiger partial charge in [-0.25, -0.2) is 4.98 Å². The molecule has 0 saturated carbocycles. The van der Waals surface area contributed by atoms with Gasteiger partial charge in [0.2, 0.25) is 5.95 Å². The summed E-state index contributed by atoms with van der Waals surface area (Å²) >= 11 is 0. The monoisotopic (exact) mass is 232 g/mol. The zero-order valence-electron chi connectivity index (χ0n) is 8.53. The number of phenols is 2. The molecule has 1 aromatic carbocycles. The molecule has 7 heteroatoms. The van der Waals surface area contributed by atoms with Crippen LogP contribution in [0.4, 0.5) is 5.95 Å². The maximum atomic E-state index is 11.7. The average molecular weight is 232 g/mol. The van der Waals surface area contributed by atoms with Gasteiger partial charge in [0.25, 0.3) is 5.91 Å². The molecule has 0 saturated heterocycles. The van der Waals surface area contributed by atoms with Crippen molar-refractivity contribution in [1.82, 2.24) is 15.2 Å². The lowest BCUT2D eigenvalue weighted by Crippen LogP contribution is -2.14. The Balaban J connectivity index is 2.27. The van der Waals surface area contributed by atoms with Crippen molar-refractivity contribution in [2.75, 3.05) is 5.32 Å². The lowest BCUT2D eigenvalue weighted by molar-refractivity contribution is 0.102. The first-order valence-corrected chi connectivity index (χ1v) is 4.64. The number of rotatable bonds is 2. The smallest absolute Gasteiger partial charge is 0.265 e. The molecule has 0 spiro atoms. The Morgan fingerprint density at radius 3 is 2.47 bits per heavy atom. The molecule has 2 rings (SSSR count). The number of phenolic OH excluding ortho intramolecular Hbond substituents is 2. The van der Waals surface area contributed by atoms with Gasteiger partial charge in [0.15, 0.2) is 0 Å². The van der Waals surface area contributed by atoms with Gasteiger partial charge in [0.1, 0.15) is 17.1 Å². The number of benzene rings is 1. The number of hydrogen-bond donors (Lipinski definition) is 3. The van der Waals surface area contributed by atoms with Gasteiger partial charge in [0, 0.05) is 0 Å². The zero-order valence-corrected chi connectivity index (χ0v) is 8.53. The van der Waals surface area contributed by atoms with Crippen LogP contribution in [0.5, 0.6) is 11.5 Å². The van der Waals surface area contributed by atoms with Crippen molar-refractivity contribution in [2.24, 2.45) is 0 Å². The summed E-state index contributed by atoms with van der Waals surface area (Å²) in [7, 11) is 0. The maximum Gasteiger partial charge on any atom is 0.265 e. The number of nitrogens with zero attached hydrogens (tertiary/aromatic N) is 3. The van der Waals surface area contributed by atoms with Gasteiger partial charge in [-0.2, -0.15) is 5.10 Å². The quantitative estimate of drug-likeness (QED) is 0.697. The molecular weight excluding hydrogens is 224 g/mol. The Kier molecular flexibility index (Phi) is 2.82. The first-order valence-electron chi connectivity index (χ1n) is 4.64. The summed E-state index contributed by atoms with van der Waals surface area (Å²) in [6.45, 7) is 0. The number of aromatic nitrogens is 3. The van der Waals surface area contributed by atoms with E-state index in [1.54, 1.807) is 0 Å². The summed E-state index contributed by atoms with van der Waals surface area (Å²) in [6.07, 6.45) is 2.71. The Morgan fingerprint density at radius 2 is 1.88 bits per heavy atom. The van der Waals surface area contributed by atoms with E-state index in [1.165, 1.54) is 30.6 Å². The number of carbonyl (C=O) groups is 1. The fourth-order valence-electron chi connectivity index (χ4n) is 1.23. The van der Waals surface area contributed by atoms with E-state index in [0.29, 0.717) is 0 Å². The molecule has 17 heavy (non-hydrogen) atoms. The van der Waals surface area contributed by atoms with Crippen molar-refractivity contribution < 1.29 is 15.0 Å². The van der Waals surface area contributed by atoms with Gasteiger partial charge in [0.05, 0.1) is 12.4 Å². The molecule has 0 aliphatic rings. The van der Waals surface area contributed by atoms with Crippen LogP contribution < -0.4 is 5.32 Å². The highest BCUT2D eigenvalue weighted by molar-refractivity contribution is 6.07. The van der Waals surface area contributed by atoms with E-state index < -0.39 is 5.91 Å². The van der Waals surface area contributed by atoms with E-state index >= 15 is 0 Å². The Labute approximate surface area is 95.8 Å². The van der Waals surface area contributed by atoms with Crippen molar-refractivity contribution in [3.8, 4) is 11.5 Å². The first kappa shape index (κ1) is 10.8. The molecule has 7 nitrogen and oxygen atoms in total. The van der Waals surface area contributed by atoms with E-state index in [1.807, 2.05) is 0 Å². The fourth-order valence-corrected chi connectivity index (χ4v) is 1.23. The van der Waals surface area contributed by atoms with Crippen molar-refractivity contribution in [3.63, 3.8) is 0 Å². The van der Waals surface area contributed by atoms with Crippen LogP contribution in [0, 0.1) is 0 Å². The third-order valence-corrected chi connectivity index (χ3v) is 1.96. The lowest BCUT2D eigenvalue weighted by Gasteiger charge is -2.06. The van der Waals surface area contributed by atoms with E-state index in [4.69, 9.17) is 0 Å². The van der Waals surface area contributed by atoms with Gasteiger partial charge in [-0.3, -0.25) is 10.1 Å². The molecule has 0 bridgehead atoms. The molecule has 86 valence electrons. The summed E-state index contributed by atoms with van der Waals surface area (Å²) in [4.78, 5) is 15.5. The summed E-state index contributed by atoms with van der Waals surface area (Å²) in [5.41, 5.74) is -0.236. The number of anilines is 1. The van der Waals surface area contributed by atoms with Gasteiger partial charge in [-0.05, 0) is 12.1 Å². The highest BCUT2D eigenvalue weighted by Crippen LogP contribution is 2.26. The SMILES string of the molecule is O=C(Nc1nccnn1)c1c(O)cccc1O. The maximum absolute atomic E-state index is 11.7. The van der Waals surface area contributed by atoms with Gasteiger partial charge >= 0.3 is 0 Å². The molecule has 0 radical (unpaired) electrons. The Bertz CT molecular complexity index is 524. The topological polar surface area (TPSA) is 108 Å². The number of nitrogens with one attached hydrogen (secondary N) is 1. The van der Waals surface area contributed by atoms with Crippen LogP contribution in [0.1, 0.15) is 10.4 Å². The second-order valence-corrected chi connectivity index (χ2v) is 3.09. The summed E-state index contributed by atoms with van der Waals surface area (Å²) in [5.74, 6) is -1.38. The zero-order chi connectivity index (χ0) is 12.3. The van der Waals surface area contributed by atoms with Crippen LogP contribution in [0.15, 0.2) is 30.6 Å². The van der Waals surface area contributed by atoms with Crippen molar-refractivity contribution in [1.29, 1.82) is 0 Å². The minimum Gasteiger partial charge on any atom is -0.507 e. The average Bonchev–Trinajstić information content (AvgIpc) is 2.30. The molecule has 1 heterocycles. The summed E-state index contributed by atoms with van der Waals surface area (Å²) < 4.78 is 0. The molecule has 1 aromatic heterocycles. The highest BCUT2D eigenvalue weighted by Gasteiger charge is 2.16. The van der Waals surface area contributed by atoms with Crippen molar-refractivity contribution in [3.05, 3.63) is 36.2 Å². The molecule has 0 unspecified atom stereocenters. The molecular formula is C10H8N4O3. The summed E-state index contributed by atoms with van der Waals surface area (Å²) in [5, 5.41) is 28.3. The van der Waals surface area contributed by atoms with Crippen molar-refractivity contribution >= 4 is 11.9 Å². The van der Waals surface area contributed by atoms with Crippen LogP contribution >= 0.6 is 0 Å². The van der Waals surface area contributed by atoms with E-state index in [-0.39, 0.29) is 23.0 Å². The van der Waals surface area contributed by atoms with Crippen LogP contribution in [0.3, 0.4) is 0 Å². The van der Waals surface area contributed by atoms with Gasteiger partial charge < -0.3 is 10.2 Å². The number of aromatic hydroxyl groups is 2. The third kappa shape index (κ3) is 2.28. The highest BCUT2D eigenvalue weighted by atomic mass is 16.3. The van der Waals surface area contributed by atoms with Crippen LogP contribution in [0.25, 0.3) is 0 Å².